The second-order valence-electron chi connectivity index (χ2n) is 2.55. The van der Waals surface area contributed by atoms with Crippen molar-refractivity contribution in [2.75, 3.05) is 0 Å². The van der Waals surface area contributed by atoms with Gasteiger partial charge in [-0.1, -0.05) is 38.1 Å². The molecular formula is C11H16O3. The summed E-state index contributed by atoms with van der Waals surface area (Å²) in [5.74, 6) is -0.841. The number of carboxylic acids is 1. The molecule has 0 amide bonds. The number of hydrogen-bond acceptors (Lipinski definition) is 2. The molecule has 0 spiro atoms. The summed E-state index contributed by atoms with van der Waals surface area (Å²) in [6, 6.07) is 6.86. The van der Waals surface area contributed by atoms with Crippen molar-refractivity contribution in [2.45, 2.75) is 26.9 Å². The zero-order valence-electron chi connectivity index (χ0n) is 8.53. The molecule has 0 saturated carbocycles. The summed E-state index contributed by atoms with van der Waals surface area (Å²) in [5.41, 5.74) is 1.55. The molecule has 78 valence electrons. The van der Waals surface area contributed by atoms with E-state index in [4.69, 9.17) is 10.2 Å². The van der Waals surface area contributed by atoms with Crippen molar-refractivity contribution in [1.29, 1.82) is 0 Å². The van der Waals surface area contributed by atoms with Gasteiger partial charge < -0.3 is 10.2 Å². The van der Waals surface area contributed by atoms with Gasteiger partial charge in [0.15, 0.2) is 0 Å². The van der Waals surface area contributed by atoms with Crippen molar-refractivity contribution >= 4 is 5.97 Å². The van der Waals surface area contributed by atoms with Gasteiger partial charge in [0.05, 0.1) is 13.0 Å². The number of aliphatic carboxylic acids is 1. The van der Waals surface area contributed by atoms with Gasteiger partial charge in [-0.3, -0.25) is 4.79 Å². The van der Waals surface area contributed by atoms with Gasteiger partial charge in [0.1, 0.15) is 0 Å². The van der Waals surface area contributed by atoms with E-state index in [0.29, 0.717) is 0 Å². The second kappa shape index (κ2) is 7.09. The van der Waals surface area contributed by atoms with Gasteiger partial charge in [0.25, 0.3) is 0 Å². The van der Waals surface area contributed by atoms with E-state index in [-0.39, 0.29) is 13.0 Å². The van der Waals surface area contributed by atoms with E-state index >= 15 is 0 Å². The molecular weight excluding hydrogens is 180 g/mol. The minimum atomic E-state index is -0.841. The molecule has 0 fully saturated rings. The molecule has 3 nitrogen and oxygen atoms in total. The quantitative estimate of drug-likeness (QED) is 0.775. The van der Waals surface area contributed by atoms with Crippen molar-refractivity contribution in [3.05, 3.63) is 35.4 Å². The fourth-order valence-corrected chi connectivity index (χ4v) is 0.937. The van der Waals surface area contributed by atoms with Gasteiger partial charge in [-0.15, -0.1) is 0 Å². The summed E-state index contributed by atoms with van der Waals surface area (Å²) in [5, 5.41) is 17.1. The Morgan fingerprint density at radius 1 is 1.14 bits per heavy atom. The van der Waals surface area contributed by atoms with Crippen LogP contribution in [0.15, 0.2) is 24.3 Å². The number of hydrogen-bond donors (Lipinski definition) is 2. The molecule has 3 heteroatoms. The fraction of sp³-hybridized carbons (Fsp3) is 0.364. The predicted molar refractivity (Wildman–Crippen MR) is 55.1 cm³/mol. The molecule has 0 aliphatic carbocycles. The largest absolute Gasteiger partial charge is 0.481 e. The SMILES string of the molecule is CC.O=C(O)Cc1ccc(CO)cc1. The third kappa shape index (κ3) is 4.62. The summed E-state index contributed by atoms with van der Waals surface area (Å²) in [7, 11) is 0. The van der Waals surface area contributed by atoms with Crippen LogP contribution in [0, 0.1) is 0 Å². The Hall–Kier alpha value is -1.35. The molecule has 0 bridgehead atoms. The Balaban J connectivity index is 0.000000791. The van der Waals surface area contributed by atoms with Gasteiger partial charge >= 0.3 is 5.97 Å². The third-order valence-corrected chi connectivity index (χ3v) is 1.56. The first-order valence-electron chi connectivity index (χ1n) is 4.63. The predicted octanol–water partition coefficient (Wildman–Crippen LogP) is 1.83. The summed E-state index contributed by atoms with van der Waals surface area (Å²) in [6.07, 6.45) is 0.0334. The summed E-state index contributed by atoms with van der Waals surface area (Å²) in [6.45, 7) is 3.99. The van der Waals surface area contributed by atoms with Crippen LogP contribution in [0.2, 0.25) is 0 Å². The Kier molecular flexibility index (Phi) is 6.41. The first-order chi connectivity index (χ1) is 6.72. The lowest BCUT2D eigenvalue weighted by atomic mass is 10.1. The topological polar surface area (TPSA) is 57.5 Å². The van der Waals surface area contributed by atoms with Crippen molar-refractivity contribution in [2.24, 2.45) is 0 Å². The van der Waals surface area contributed by atoms with Gasteiger partial charge in [-0.25, -0.2) is 0 Å². The Morgan fingerprint density at radius 2 is 1.57 bits per heavy atom. The standard InChI is InChI=1S/C9H10O3.C2H6/c10-6-8-3-1-7(2-4-8)5-9(11)12;1-2/h1-4,10H,5-6H2,(H,11,12);1-2H3. The Bertz CT molecular complexity index is 264. The monoisotopic (exact) mass is 196 g/mol. The van der Waals surface area contributed by atoms with E-state index in [1.807, 2.05) is 13.8 Å². The van der Waals surface area contributed by atoms with Gasteiger partial charge in [0, 0.05) is 0 Å². The fourth-order valence-electron chi connectivity index (χ4n) is 0.937. The first kappa shape index (κ1) is 12.7. The van der Waals surface area contributed by atoms with Gasteiger partial charge in [0.2, 0.25) is 0 Å². The molecule has 14 heavy (non-hydrogen) atoms. The van der Waals surface area contributed by atoms with E-state index in [9.17, 15) is 4.79 Å². The minimum absolute atomic E-state index is 0.00660. The van der Waals surface area contributed by atoms with Gasteiger partial charge in [-0.2, -0.15) is 0 Å². The lowest BCUT2D eigenvalue weighted by Crippen LogP contribution is -1.99. The summed E-state index contributed by atoms with van der Waals surface area (Å²) < 4.78 is 0. The highest BCUT2D eigenvalue weighted by atomic mass is 16.4. The first-order valence-corrected chi connectivity index (χ1v) is 4.63. The molecule has 1 rings (SSSR count). The maximum atomic E-state index is 10.3. The van der Waals surface area contributed by atoms with E-state index < -0.39 is 5.97 Å². The van der Waals surface area contributed by atoms with Crippen molar-refractivity contribution in [3.63, 3.8) is 0 Å². The lowest BCUT2D eigenvalue weighted by molar-refractivity contribution is -0.136. The van der Waals surface area contributed by atoms with Crippen molar-refractivity contribution in [1.82, 2.24) is 0 Å². The van der Waals surface area contributed by atoms with Crippen LogP contribution in [-0.2, 0) is 17.8 Å². The van der Waals surface area contributed by atoms with Crippen LogP contribution >= 0.6 is 0 Å². The number of carboxylic acid groups (broad SMARTS) is 1. The highest BCUT2D eigenvalue weighted by Gasteiger charge is 1.99. The third-order valence-electron chi connectivity index (χ3n) is 1.56. The molecule has 2 N–H and O–H groups in total. The highest BCUT2D eigenvalue weighted by molar-refractivity contribution is 5.70. The molecule has 0 aromatic heterocycles. The molecule has 0 unspecified atom stereocenters. The average Bonchev–Trinajstić information content (AvgIpc) is 2.21. The van der Waals surface area contributed by atoms with E-state index in [1.165, 1.54) is 0 Å². The average molecular weight is 196 g/mol. The van der Waals surface area contributed by atoms with Crippen molar-refractivity contribution < 1.29 is 15.0 Å². The number of carbonyl (C=O) groups is 1. The number of aliphatic hydroxyl groups is 1. The maximum Gasteiger partial charge on any atom is 0.307 e. The normalized spacial score (nSPS) is 8.79. The van der Waals surface area contributed by atoms with Crippen LogP contribution in [0.5, 0.6) is 0 Å². The Morgan fingerprint density at radius 3 is 1.93 bits per heavy atom. The Labute approximate surface area is 84.0 Å². The molecule has 0 radical (unpaired) electrons. The number of rotatable bonds is 3. The van der Waals surface area contributed by atoms with E-state index in [1.54, 1.807) is 24.3 Å². The molecule has 0 heterocycles. The maximum absolute atomic E-state index is 10.3. The molecule has 0 atom stereocenters. The van der Waals surface area contributed by atoms with E-state index in [0.717, 1.165) is 11.1 Å². The lowest BCUT2D eigenvalue weighted by Gasteiger charge is -1.98. The molecule has 1 aromatic rings. The smallest absolute Gasteiger partial charge is 0.307 e. The van der Waals surface area contributed by atoms with E-state index in [2.05, 4.69) is 0 Å². The number of aliphatic hydroxyl groups excluding tert-OH is 1. The molecule has 0 aliphatic rings. The van der Waals surface area contributed by atoms with Crippen LogP contribution < -0.4 is 0 Å². The van der Waals surface area contributed by atoms with Crippen LogP contribution in [0.3, 0.4) is 0 Å². The summed E-state index contributed by atoms with van der Waals surface area (Å²) >= 11 is 0. The van der Waals surface area contributed by atoms with Crippen molar-refractivity contribution in [3.8, 4) is 0 Å². The summed E-state index contributed by atoms with van der Waals surface area (Å²) in [4.78, 5) is 10.3. The minimum Gasteiger partial charge on any atom is -0.481 e. The van der Waals surface area contributed by atoms with Crippen LogP contribution in [0.25, 0.3) is 0 Å². The molecule has 0 aliphatic heterocycles. The highest BCUT2D eigenvalue weighted by Crippen LogP contribution is 2.04. The number of benzene rings is 1. The molecule has 0 saturated heterocycles. The van der Waals surface area contributed by atoms with Crippen LogP contribution in [0.4, 0.5) is 0 Å². The zero-order chi connectivity index (χ0) is 11.0. The molecule has 1 aromatic carbocycles. The van der Waals surface area contributed by atoms with Gasteiger partial charge in [-0.05, 0) is 11.1 Å². The second-order valence-corrected chi connectivity index (χ2v) is 2.55. The zero-order valence-corrected chi connectivity index (χ0v) is 8.53. The van der Waals surface area contributed by atoms with Crippen LogP contribution in [0.1, 0.15) is 25.0 Å². The van der Waals surface area contributed by atoms with Crippen LogP contribution in [-0.4, -0.2) is 16.2 Å².